The average molecular weight is 389 g/mol. The monoisotopic (exact) mass is 388 g/mol. The Kier molecular flexibility index (Phi) is 4.46. The van der Waals surface area contributed by atoms with Crippen molar-refractivity contribution in [2.24, 2.45) is 0 Å². The van der Waals surface area contributed by atoms with Gasteiger partial charge in [-0.3, -0.25) is 4.79 Å². The van der Waals surface area contributed by atoms with Crippen LogP contribution in [-0.2, 0) is 12.8 Å². The van der Waals surface area contributed by atoms with Crippen molar-refractivity contribution in [1.29, 1.82) is 0 Å². The fourth-order valence-electron chi connectivity index (χ4n) is 3.23. The fraction of sp³-hybridized carbons (Fsp3) is 0.263. The highest BCUT2D eigenvalue weighted by Gasteiger charge is 2.20. The predicted octanol–water partition coefficient (Wildman–Crippen LogP) is 4.40. The van der Waals surface area contributed by atoms with Crippen molar-refractivity contribution in [3.8, 4) is 11.5 Å². The molecule has 0 amide bonds. The van der Waals surface area contributed by atoms with Crippen LogP contribution >= 0.6 is 22.9 Å². The molecule has 134 valence electrons. The van der Waals surface area contributed by atoms with E-state index in [1.807, 2.05) is 6.92 Å². The van der Waals surface area contributed by atoms with Gasteiger partial charge in [0, 0.05) is 4.88 Å². The van der Waals surface area contributed by atoms with Crippen molar-refractivity contribution in [1.82, 2.24) is 9.97 Å². The van der Waals surface area contributed by atoms with Gasteiger partial charge in [-0.15, -0.1) is 11.3 Å². The highest BCUT2D eigenvalue weighted by molar-refractivity contribution is 7.18. The van der Waals surface area contributed by atoms with Gasteiger partial charge in [0.15, 0.2) is 11.5 Å². The number of rotatable bonds is 4. The molecule has 4 rings (SSSR count). The van der Waals surface area contributed by atoms with E-state index in [2.05, 4.69) is 9.97 Å². The summed E-state index contributed by atoms with van der Waals surface area (Å²) in [6.07, 6.45) is 6.61. The molecule has 0 unspecified atom stereocenters. The maximum absolute atomic E-state index is 12.5. The van der Waals surface area contributed by atoms with Crippen LogP contribution in [0, 0.1) is 0 Å². The lowest BCUT2D eigenvalue weighted by Gasteiger charge is -2.08. The van der Waals surface area contributed by atoms with Crippen molar-refractivity contribution >= 4 is 45.3 Å². The minimum absolute atomic E-state index is 0.0771. The van der Waals surface area contributed by atoms with Gasteiger partial charge in [0.05, 0.1) is 17.0 Å². The van der Waals surface area contributed by atoms with Crippen LogP contribution in [0.25, 0.3) is 22.4 Å². The molecule has 0 fully saturated rings. The highest BCUT2D eigenvalue weighted by Crippen LogP contribution is 2.36. The van der Waals surface area contributed by atoms with Gasteiger partial charge in [0.25, 0.3) is 5.56 Å². The molecule has 0 spiro atoms. The van der Waals surface area contributed by atoms with Gasteiger partial charge >= 0.3 is 0 Å². The zero-order valence-corrected chi connectivity index (χ0v) is 15.7. The summed E-state index contributed by atoms with van der Waals surface area (Å²) >= 11 is 7.66. The van der Waals surface area contributed by atoms with Crippen molar-refractivity contribution in [2.45, 2.75) is 26.2 Å². The first-order valence-corrected chi connectivity index (χ1v) is 9.64. The Bertz CT molecular complexity index is 1080. The SMILES string of the molecule is CCOc1cc(/C=C/c2nc3sc4c(c3c(=O)[nH]2)CCC4)cc(Cl)c1O. The van der Waals surface area contributed by atoms with E-state index in [0.29, 0.717) is 18.2 Å². The third kappa shape index (κ3) is 2.99. The summed E-state index contributed by atoms with van der Waals surface area (Å²) in [5.41, 5.74) is 1.82. The highest BCUT2D eigenvalue weighted by atomic mass is 35.5. The molecule has 0 saturated heterocycles. The van der Waals surface area contributed by atoms with Crippen molar-refractivity contribution in [2.75, 3.05) is 6.61 Å². The Labute approximate surface area is 158 Å². The largest absolute Gasteiger partial charge is 0.503 e. The van der Waals surface area contributed by atoms with Gasteiger partial charge in [-0.1, -0.05) is 17.7 Å². The molecule has 2 N–H and O–H groups in total. The summed E-state index contributed by atoms with van der Waals surface area (Å²) in [6, 6.07) is 3.32. The number of nitrogens with one attached hydrogen (secondary N) is 1. The van der Waals surface area contributed by atoms with E-state index in [0.717, 1.165) is 35.0 Å². The van der Waals surface area contributed by atoms with Crippen molar-refractivity contribution in [3.63, 3.8) is 0 Å². The van der Waals surface area contributed by atoms with Crippen LogP contribution in [0.15, 0.2) is 16.9 Å². The van der Waals surface area contributed by atoms with Gasteiger partial charge in [0.2, 0.25) is 0 Å². The molecule has 1 aromatic carbocycles. The lowest BCUT2D eigenvalue weighted by Crippen LogP contribution is -2.09. The predicted molar refractivity (Wildman–Crippen MR) is 105 cm³/mol. The number of phenols is 1. The summed E-state index contributed by atoms with van der Waals surface area (Å²) in [5.74, 6) is 0.738. The number of hydrogen-bond donors (Lipinski definition) is 2. The van der Waals surface area contributed by atoms with Crippen LogP contribution in [0.4, 0.5) is 0 Å². The molecule has 0 atom stereocenters. The third-order valence-corrected chi connectivity index (χ3v) is 5.85. The molecule has 2 heterocycles. The lowest BCUT2D eigenvalue weighted by atomic mass is 10.2. The molecule has 5 nitrogen and oxygen atoms in total. The number of ether oxygens (including phenoxy) is 1. The second kappa shape index (κ2) is 6.78. The maximum atomic E-state index is 12.5. The second-order valence-electron chi connectivity index (χ2n) is 6.10. The molecular formula is C19H17ClN2O3S. The minimum Gasteiger partial charge on any atom is -0.503 e. The van der Waals surface area contributed by atoms with Crippen LogP contribution in [0.1, 0.15) is 35.2 Å². The first-order chi connectivity index (χ1) is 12.6. The van der Waals surface area contributed by atoms with E-state index in [1.165, 1.54) is 10.4 Å². The normalized spacial score (nSPS) is 13.6. The number of aryl methyl sites for hydroxylation is 2. The van der Waals surface area contributed by atoms with E-state index in [4.69, 9.17) is 16.3 Å². The number of aromatic nitrogens is 2. The number of phenolic OH excluding ortho intramolecular Hbond substituents is 1. The molecule has 0 radical (unpaired) electrons. The summed E-state index contributed by atoms with van der Waals surface area (Å²) in [6.45, 7) is 2.25. The number of halogens is 1. The number of fused-ring (bicyclic) bond motifs is 3. The number of hydrogen-bond acceptors (Lipinski definition) is 5. The zero-order valence-electron chi connectivity index (χ0n) is 14.1. The summed E-state index contributed by atoms with van der Waals surface area (Å²) < 4.78 is 5.38. The van der Waals surface area contributed by atoms with Crippen LogP contribution in [-0.4, -0.2) is 21.7 Å². The number of aromatic amines is 1. The first-order valence-electron chi connectivity index (χ1n) is 8.44. The number of benzene rings is 1. The summed E-state index contributed by atoms with van der Waals surface area (Å²) in [4.78, 5) is 22.0. The van der Waals surface area contributed by atoms with Gasteiger partial charge in [-0.2, -0.15) is 0 Å². The van der Waals surface area contributed by atoms with Gasteiger partial charge < -0.3 is 14.8 Å². The number of H-pyrrole nitrogens is 1. The fourth-order valence-corrected chi connectivity index (χ4v) is 4.72. The Balaban J connectivity index is 1.70. The number of nitrogens with zero attached hydrogens (tertiary/aromatic N) is 1. The summed E-state index contributed by atoms with van der Waals surface area (Å²) in [7, 11) is 0. The van der Waals surface area contributed by atoms with E-state index in [9.17, 15) is 9.90 Å². The summed E-state index contributed by atoms with van der Waals surface area (Å²) in [5, 5.41) is 10.9. The minimum atomic E-state index is -0.0900. The van der Waals surface area contributed by atoms with Crippen molar-refractivity contribution < 1.29 is 9.84 Å². The molecular weight excluding hydrogens is 372 g/mol. The lowest BCUT2D eigenvalue weighted by molar-refractivity contribution is 0.318. The van der Waals surface area contributed by atoms with E-state index >= 15 is 0 Å². The molecule has 0 saturated carbocycles. The molecule has 1 aliphatic carbocycles. The zero-order chi connectivity index (χ0) is 18.3. The standard InChI is InChI=1S/C19H17ClN2O3S/c1-2-25-13-9-10(8-12(20)17(13)23)6-7-15-21-18(24)16-11-4-3-5-14(11)26-19(16)22-15/h6-9,23H,2-5H2,1H3,(H,21,22,24)/b7-6+. The maximum Gasteiger partial charge on any atom is 0.260 e. The van der Waals surface area contributed by atoms with E-state index < -0.39 is 0 Å². The van der Waals surface area contributed by atoms with Crippen LogP contribution in [0.2, 0.25) is 5.02 Å². The Morgan fingerprint density at radius 3 is 3.04 bits per heavy atom. The number of thiophene rings is 1. The molecule has 1 aliphatic rings. The van der Waals surface area contributed by atoms with Gasteiger partial charge in [-0.05, 0) is 55.5 Å². The molecule has 0 bridgehead atoms. The Morgan fingerprint density at radius 2 is 2.23 bits per heavy atom. The Morgan fingerprint density at radius 1 is 1.38 bits per heavy atom. The molecule has 26 heavy (non-hydrogen) atoms. The topological polar surface area (TPSA) is 75.2 Å². The van der Waals surface area contributed by atoms with Crippen molar-refractivity contribution in [3.05, 3.63) is 49.3 Å². The molecule has 0 aliphatic heterocycles. The molecule has 7 heteroatoms. The average Bonchev–Trinajstić information content (AvgIpc) is 3.18. The first kappa shape index (κ1) is 17.1. The van der Waals surface area contributed by atoms with E-state index in [-0.39, 0.29) is 16.3 Å². The van der Waals surface area contributed by atoms with Gasteiger partial charge in [0.1, 0.15) is 10.7 Å². The molecule has 3 aromatic rings. The van der Waals surface area contributed by atoms with Gasteiger partial charge in [-0.25, -0.2) is 4.98 Å². The smallest absolute Gasteiger partial charge is 0.260 e. The van der Waals surface area contributed by atoms with Crippen LogP contribution in [0.3, 0.4) is 0 Å². The Hall–Kier alpha value is -2.31. The van der Waals surface area contributed by atoms with E-state index in [1.54, 1.807) is 35.6 Å². The third-order valence-electron chi connectivity index (χ3n) is 4.38. The number of aromatic hydroxyl groups is 1. The van der Waals surface area contributed by atoms with Crippen LogP contribution < -0.4 is 10.3 Å². The quantitative estimate of drug-likeness (QED) is 0.694. The second-order valence-corrected chi connectivity index (χ2v) is 7.60. The molecule has 2 aromatic heterocycles. The van der Waals surface area contributed by atoms with Crippen LogP contribution in [0.5, 0.6) is 11.5 Å².